The number of fused-ring (bicyclic) bond motifs is 5. The Morgan fingerprint density at radius 2 is 1.70 bits per heavy atom. The highest BCUT2D eigenvalue weighted by Gasteiger charge is 2.82. The zero-order valence-corrected chi connectivity index (χ0v) is 26.2. The van der Waals surface area contributed by atoms with Crippen molar-refractivity contribution in [3.8, 4) is 0 Å². The lowest BCUT2D eigenvalue weighted by Crippen LogP contribution is -2.80. The van der Waals surface area contributed by atoms with E-state index in [1.807, 2.05) is 37.3 Å². The summed E-state index contributed by atoms with van der Waals surface area (Å²) in [5, 5.41) is 60.1. The Morgan fingerprint density at radius 3 is 2.36 bits per heavy atom. The number of allylic oxidation sites excluding steroid dienone is 1. The summed E-state index contributed by atoms with van der Waals surface area (Å²) in [6.45, 7) is 8.26. The molecule has 9 nitrogen and oxygen atoms in total. The maximum Gasteiger partial charge on any atom is 0.333 e. The molecule has 0 saturated heterocycles. The highest BCUT2D eigenvalue weighted by molar-refractivity contribution is 5.88. The van der Waals surface area contributed by atoms with Crippen LogP contribution in [0, 0.1) is 16.7 Å². The molecule has 3 saturated carbocycles. The minimum Gasteiger partial charge on any atom is -0.458 e. The fraction of sp³-hybridized carbons (Fsp3) is 0.600. The lowest BCUT2D eigenvalue weighted by Gasteiger charge is -2.68. The molecular formula is C35H46O9. The van der Waals surface area contributed by atoms with Crippen molar-refractivity contribution in [3.05, 3.63) is 65.8 Å². The molecule has 240 valence electrons. The van der Waals surface area contributed by atoms with Crippen LogP contribution in [0.1, 0.15) is 78.7 Å². The molecule has 3 fully saturated rings. The van der Waals surface area contributed by atoms with Crippen molar-refractivity contribution in [2.45, 2.75) is 114 Å². The third-order valence-corrected chi connectivity index (χ3v) is 12.0. The Hall–Kier alpha value is -2.82. The van der Waals surface area contributed by atoms with Crippen LogP contribution < -0.4 is 0 Å². The van der Waals surface area contributed by atoms with Crippen LogP contribution in [0.3, 0.4) is 0 Å². The van der Waals surface area contributed by atoms with Gasteiger partial charge in [0.1, 0.15) is 29.0 Å². The summed E-state index contributed by atoms with van der Waals surface area (Å²) in [6.07, 6.45) is 5.00. The third-order valence-electron chi connectivity index (χ3n) is 12.0. The molecule has 5 rings (SSSR count). The molecule has 1 aromatic rings. The summed E-state index contributed by atoms with van der Waals surface area (Å²) in [6, 6.07) is 9.19. The number of hydrogen-bond donors (Lipinski definition) is 5. The fourth-order valence-corrected chi connectivity index (χ4v) is 8.87. The standard InChI is InChI=1S/C35H46O9/c1-6-22(2)29(38)43-23(3)33(40)18-19-35(42)31(33,5)27(44-28(37)13-12-24-10-8-7-9-11-24)20-26-30(4)15-14-25(36)21-32(30,39)16-17-34(26,35)41/h6-13,16-17,23,25-27,36,39-42H,14-15,18-21H2,1-5H3/t23-,25-,26+,27+,30+,31+,32+,33+,34-,35+/m0/s1. The molecule has 0 aromatic heterocycles. The molecule has 44 heavy (non-hydrogen) atoms. The topological polar surface area (TPSA) is 154 Å². The van der Waals surface area contributed by atoms with Gasteiger partial charge in [-0.15, -0.1) is 0 Å². The van der Waals surface area contributed by atoms with Crippen molar-refractivity contribution in [1.29, 1.82) is 0 Å². The van der Waals surface area contributed by atoms with Gasteiger partial charge < -0.3 is 35.0 Å². The van der Waals surface area contributed by atoms with Crippen LogP contribution in [0.2, 0.25) is 0 Å². The Labute approximate surface area is 258 Å². The van der Waals surface area contributed by atoms with E-state index in [-0.39, 0.29) is 25.7 Å². The van der Waals surface area contributed by atoms with E-state index in [1.165, 1.54) is 18.2 Å². The summed E-state index contributed by atoms with van der Waals surface area (Å²) >= 11 is 0. The molecule has 0 unspecified atom stereocenters. The number of benzene rings is 1. The average Bonchev–Trinajstić information content (AvgIpc) is 3.22. The van der Waals surface area contributed by atoms with Crippen LogP contribution >= 0.6 is 0 Å². The lowest BCUT2D eigenvalue weighted by molar-refractivity contribution is -0.327. The molecule has 0 aliphatic heterocycles. The minimum absolute atomic E-state index is 0.00363. The first kappa shape index (κ1) is 32.6. The van der Waals surface area contributed by atoms with Gasteiger partial charge in [-0.1, -0.05) is 62.4 Å². The Morgan fingerprint density at radius 1 is 1.02 bits per heavy atom. The van der Waals surface area contributed by atoms with Gasteiger partial charge in [-0.3, -0.25) is 0 Å². The molecule has 0 heterocycles. The molecule has 5 N–H and O–H groups in total. The smallest absolute Gasteiger partial charge is 0.333 e. The molecule has 0 amide bonds. The zero-order valence-electron chi connectivity index (χ0n) is 26.2. The van der Waals surface area contributed by atoms with Crippen LogP contribution in [0.4, 0.5) is 0 Å². The van der Waals surface area contributed by atoms with E-state index in [0.717, 1.165) is 5.56 Å². The summed E-state index contributed by atoms with van der Waals surface area (Å²) in [5.41, 5.74) is -8.98. The number of rotatable bonds is 6. The van der Waals surface area contributed by atoms with Crippen molar-refractivity contribution in [2.75, 3.05) is 0 Å². The largest absolute Gasteiger partial charge is 0.458 e. The highest BCUT2D eigenvalue weighted by atomic mass is 16.6. The first-order valence-electron chi connectivity index (χ1n) is 15.6. The first-order chi connectivity index (χ1) is 20.5. The van der Waals surface area contributed by atoms with Crippen molar-refractivity contribution < 1.29 is 44.6 Å². The van der Waals surface area contributed by atoms with Crippen LogP contribution in [0.15, 0.2) is 60.2 Å². The van der Waals surface area contributed by atoms with E-state index in [4.69, 9.17) is 9.47 Å². The molecule has 0 bridgehead atoms. The van der Waals surface area contributed by atoms with E-state index in [9.17, 15) is 35.1 Å². The highest BCUT2D eigenvalue weighted by Crippen LogP contribution is 2.71. The maximum atomic E-state index is 13.4. The van der Waals surface area contributed by atoms with Crippen molar-refractivity contribution in [3.63, 3.8) is 0 Å². The Kier molecular flexibility index (Phi) is 8.08. The summed E-state index contributed by atoms with van der Waals surface area (Å²) in [7, 11) is 0. The van der Waals surface area contributed by atoms with Gasteiger partial charge in [-0.05, 0) is 64.5 Å². The second kappa shape index (κ2) is 10.9. The predicted molar refractivity (Wildman–Crippen MR) is 163 cm³/mol. The molecule has 4 aliphatic carbocycles. The number of aliphatic hydroxyl groups is 5. The second-order valence-corrected chi connectivity index (χ2v) is 13.9. The SMILES string of the molecule is CC=C(C)C(=O)O[C@@H](C)[C@]1(O)CC[C@@]2(O)[C@]1(C)[C@H](OC(=O)C=Cc1ccccc1)C[C@H]1[C@@]2(O)C=C[C@@]2(O)C[C@@H](O)CC[C@]12C. The molecule has 0 radical (unpaired) electrons. The van der Waals surface area contributed by atoms with Crippen LogP contribution in [0.25, 0.3) is 6.08 Å². The number of aliphatic hydroxyl groups excluding tert-OH is 1. The molecule has 1 aromatic carbocycles. The Balaban J connectivity index is 1.61. The number of carbonyl (C=O) groups excluding carboxylic acids is 2. The molecule has 4 aliphatic rings. The van der Waals surface area contributed by atoms with Crippen LogP contribution in [0.5, 0.6) is 0 Å². The summed E-state index contributed by atoms with van der Waals surface area (Å²) < 4.78 is 11.8. The third kappa shape index (κ3) is 4.46. The van der Waals surface area contributed by atoms with Crippen molar-refractivity contribution in [2.24, 2.45) is 16.7 Å². The predicted octanol–water partition coefficient (Wildman–Crippen LogP) is 3.37. The average molecular weight is 611 g/mol. The van der Waals surface area contributed by atoms with Gasteiger partial charge in [-0.2, -0.15) is 0 Å². The van der Waals surface area contributed by atoms with Gasteiger partial charge in [-0.25, -0.2) is 9.59 Å². The molecule has 9 heteroatoms. The normalized spacial score (nSPS) is 44.0. The van der Waals surface area contributed by atoms with Gasteiger partial charge in [0.15, 0.2) is 0 Å². The van der Waals surface area contributed by atoms with Gasteiger partial charge >= 0.3 is 11.9 Å². The summed E-state index contributed by atoms with van der Waals surface area (Å²) in [5.74, 6) is -2.14. The van der Waals surface area contributed by atoms with Gasteiger partial charge in [0.2, 0.25) is 0 Å². The van der Waals surface area contributed by atoms with E-state index >= 15 is 0 Å². The van der Waals surface area contributed by atoms with Gasteiger partial charge in [0.25, 0.3) is 0 Å². The number of hydrogen-bond acceptors (Lipinski definition) is 9. The van der Waals surface area contributed by atoms with Gasteiger partial charge in [0, 0.05) is 29.4 Å². The van der Waals surface area contributed by atoms with Gasteiger partial charge in [0.05, 0.1) is 17.1 Å². The van der Waals surface area contributed by atoms with Crippen LogP contribution in [-0.4, -0.2) is 78.2 Å². The second-order valence-electron chi connectivity index (χ2n) is 13.9. The number of carbonyl (C=O) groups is 2. The monoisotopic (exact) mass is 610 g/mol. The van der Waals surface area contributed by atoms with E-state index in [2.05, 4.69) is 0 Å². The lowest BCUT2D eigenvalue weighted by atomic mass is 9.41. The molecule has 0 spiro atoms. The molecule has 10 atom stereocenters. The fourth-order valence-electron chi connectivity index (χ4n) is 8.87. The minimum atomic E-state index is -2.06. The summed E-state index contributed by atoms with van der Waals surface area (Å²) in [4.78, 5) is 26.2. The van der Waals surface area contributed by atoms with E-state index < -0.39 is 69.4 Å². The first-order valence-corrected chi connectivity index (χ1v) is 15.6. The van der Waals surface area contributed by atoms with Crippen molar-refractivity contribution in [1.82, 2.24) is 0 Å². The van der Waals surface area contributed by atoms with E-state index in [1.54, 1.807) is 39.8 Å². The van der Waals surface area contributed by atoms with Crippen molar-refractivity contribution >= 4 is 18.0 Å². The Bertz CT molecular complexity index is 1390. The number of esters is 2. The maximum absolute atomic E-state index is 13.4. The van der Waals surface area contributed by atoms with Crippen LogP contribution in [-0.2, 0) is 19.1 Å². The number of ether oxygens (including phenoxy) is 2. The zero-order chi connectivity index (χ0) is 32.3. The van der Waals surface area contributed by atoms with E-state index in [0.29, 0.717) is 18.4 Å². The molecular weight excluding hydrogens is 564 g/mol. The quantitative estimate of drug-likeness (QED) is 0.185.